The zero-order valence-corrected chi connectivity index (χ0v) is 9.81. The fourth-order valence-corrected chi connectivity index (χ4v) is 3.71. The Morgan fingerprint density at radius 1 is 1.07 bits per heavy atom. The molecule has 0 aromatic carbocycles. The van der Waals surface area contributed by atoms with E-state index in [1.165, 1.54) is 51.5 Å². The Balaban J connectivity index is 2.11. The summed E-state index contributed by atoms with van der Waals surface area (Å²) in [5.74, 6) is 1.79. The monoisotopic (exact) mass is 195 g/mol. The molecule has 0 radical (unpaired) electrons. The van der Waals surface area contributed by atoms with E-state index in [0.29, 0.717) is 5.54 Å². The molecule has 1 saturated carbocycles. The maximum absolute atomic E-state index is 3.87. The van der Waals surface area contributed by atoms with Gasteiger partial charge in [0.25, 0.3) is 0 Å². The average molecular weight is 195 g/mol. The van der Waals surface area contributed by atoms with Gasteiger partial charge in [-0.15, -0.1) is 0 Å². The first-order valence-corrected chi connectivity index (χ1v) is 6.51. The van der Waals surface area contributed by atoms with Gasteiger partial charge in [-0.1, -0.05) is 33.1 Å². The zero-order valence-electron chi connectivity index (χ0n) is 9.81. The number of hydrogen-bond acceptors (Lipinski definition) is 1. The van der Waals surface area contributed by atoms with E-state index in [4.69, 9.17) is 0 Å². The van der Waals surface area contributed by atoms with E-state index in [2.05, 4.69) is 19.2 Å². The first-order chi connectivity index (χ1) is 6.76. The topological polar surface area (TPSA) is 12.0 Å². The van der Waals surface area contributed by atoms with Crippen molar-refractivity contribution in [1.29, 1.82) is 0 Å². The normalized spacial score (nSPS) is 35.4. The summed E-state index contributed by atoms with van der Waals surface area (Å²) >= 11 is 0. The Kier molecular flexibility index (Phi) is 3.16. The molecule has 1 atom stereocenters. The highest BCUT2D eigenvalue weighted by Gasteiger charge is 2.42. The summed E-state index contributed by atoms with van der Waals surface area (Å²) in [7, 11) is 0. The minimum atomic E-state index is 0.509. The molecule has 1 aliphatic heterocycles. The molecule has 0 bridgehead atoms. The third kappa shape index (κ3) is 1.71. The van der Waals surface area contributed by atoms with Crippen molar-refractivity contribution in [2.24, 2.45) is 11.8 Å². The van der Waals surface area contributed by atoms with E-state index in [9.17, 15) is 0 Å². The summed E-state index contributed by atoms with van der Waals surface area (Å²) in [6, 6.07) is 0. The maximum atomic E-state index is 3.87. The molecule has 0 amide bonds. The fourth-order valence-electron chi connectivity index (χ4n) is 3.71. The SMILES string of the molecule is CC(C)C1(C2CCCC2)CCCCN1. The summed E-state index contributed by atoms with van der Waals surface area (Å²) in [5, 5.41) is 3.87. The molecule has 1 saturated heterocycles. The maximum Gasteiger partial charge on any atom is 0.0232 e. The van der Waals surface area contributed by atoms with E-state index in [-0.39, 0.29) is 0 Å². The van der Waals surface area contributed by atoms with E-state index in [1.807, 2.05) is 0 Å². The summed E-state index contributed by atoms with van der Waals surface area (Å²) in [5.41, 5.74) is 0.509. The number of piperidine rings is 1. The second-order valence-corrected chi connectivity index (χ2v) is 5.56. The van der Waals surface area contributed by atoms with Crippen molar-refractivity contribution >= 4 is 0 Å². The van der Waals surface area contributed by atoms with Crippen LogP contribution in [0.2, 0.25) is 0 Å². The molecule has 0 spiro atoms. The molecule has 0 aromatic heterocycles. The molecule has 1 aliphatic carbocycles. The quantitative estimate of drug-likeness (QED) is 0.712. The van der Waals surface area contributed by atoms with Crippen LogP contribution in [0.15, 0.2) is 0 Å². The molecule has 1 N–H and O–H groups in total. The first kappa shape index (κ1) is 10.5. The van der Waals surface area contributed by atoms with Crippen molar-refractivity contribution in [3.8, 4) is 0 Å². The smallest absolute Gasteiger partial charge is 0.0232 e. The van der Waals surface area contributed by atoms with Crippen molar-refractivity contribution in [2.45, 2.75) is 64.3 Å². The van der Waals surface area contributed by atoms with Gasteiger partial charge in [0.05, 0.1) is 0 Å². The number of hydrogen-bond donors (Lipinski definition) is 1. The summed E-state index contributed by atoms with van der Waals surface area (Å²) in [4.78, 5) is 0. The molecule has 1 unspecified atom stereocenters. The lowest BCUT2D eigenvalue weighted by molar-refractivity contribution is 0.107. The Morgan fingerprint density at radius 3 is 2.29 bits per heavy atom. The van der Waals surface area contributed by atoms with Crippen LogP contribution in [0.1, 0.15) is 58.8 Å². The largest absolute Gasteiger partial charge is 0.311 e. The third-order valence-electron chi connectivity index (χ3n) is 4.59. The Morgan fingerprint density at radius 2 is 1.79 bits per heavy atom. The highest BCUT2D eigenvalue weighted by Crippen LogP contribution is 2.42. The highest BCUT2D eigenvalue weighted by atomic mass is 15.0. The Labute approximate surface area is 88.7 Å². The number of nitrogens with one attached hydrogen (secondary N) is 1. The third-order valence-corrected chi connectivity index (χ3v) is 4.59. The first-order valence-electron chi connectivity index (χ1n) is 6.51. The van der Waals surface area contributed by atoms with Gasteiger partial charge < -0.3 is 5.32 Å². The van der Waals surface area contributed by atoms with Gasteiger partial charge in [0, 0.05) is 5.54 Å². The molecule has 2 aliphatic rings. The molecule has 82 valence electrons. The highest BCUT2D eigenvalue weighted by molar-refractivity contribution is 5.00. The van der Waals surface area contributed by atoms with Crippen LogP contribution in [0.4, 0.5) is 0 Å². The van der Waals surface area contributed by atoms with Crippen LogP contribution in [-0.4, -0.2) is 12.1 Å². The zero-order chi connectivity index (χ0) is 10.0. The Bertz CT molecular complexity index is 174. The lowest BCUT2D eigenvalue weighted by atomic mass is 9.69. The van der Waals surface area contributed by atoms with Crippen molar-refractivity contribution in [3.63, 3.8) is 0 Å². The van der Waals surface area contributed by atoms with Gasteiger partial charge in [-0.2, -0.15) is 0 Å². The van der Waals surface area contributed by atoms with E-state index >= 15 is 0 Å². The van der Waals surface area contributed by atoms with Crippen LogP contribution in [0.25, 0.3) is 0 Å². The predicted molar refractivity (Wildman–Crippen MR) is 61.4 cm³/mol. The Hall–Kier alpha value is -0.0400. The molecule has 1 nitrogen and oxygen atoms in total. The molecule has 0 aromatic rings. The van der Waals surface area contributed by atoms with Crippen molar-refractivity contribution in [1.82, 2.24) is 5.32 Å². The van der Waals surface area contributed by atoms with Crippen molar-refractivity contribution in [2.75, 3.05) is 6.54 Å². The summed E-state index contributed by atoms with van der Waals surface area (Å²) < 4.78 is 0. The molecule has 1 heterocycles. The van der Waals surface area contributed by atoms with E-state index in [0.717, 1.165) is 11.8 Å². The minimum Gasteiger partial charge on any atom is -0.311 e. The molecular weight excluding hydrogens is 170 g/mol. The van der Waals surface area contributed by atoms with Crippen LogP contribution in [0.5, 0.6) is 0 Å². The second kappa shape index (κ2) is 4.22. The van der Waals surface area contributed by atoms with Gasteiger partial charge in [-0.25, -0.2) is 0 Å². The van der Waals surface area contributed by atoms with Crippen LogP contribution in [0, 0.1) is 11.8 Å². The molecule has 2 rings (SSSR count). The minimum absolute atomic E-state index is 0.509. The van der Waals surface area contributed by atoms with Crippen LogP contribution < -0.4 is 5.32 Å². The van der Waals surface area contributed by atoms with Gasteiger partial charge in [0.2, 0.25) is 0 Å². The van der Waals surface area contributed by atoms with E-state index in [1.54, 1.807) is 0 Å². The summed E-state index contributed by atoms with van der Waals surface area (Å²) in [6.07, 6.45) is 10.2. The summed E-state index contributed by atoms with van der Waals surface area (Å²) in [6.45, 7) is 6.09. The number of rotatable bonds is 2. The van der Waals surface area contributed by atoms with Crippen molar-refractivity contribution in [3.05, 3.63) is 0 Å². The molecule has 1 heteroatoms. The van der Waals surface area contributed by atoms with Gasteiger partial charge in [-0.3, -0.25) is 0 Å². The van der Waals surface area contributed by atoms with Crippen LogP contribution >= 0.6 is 0 Å². The fraction of sp³-hybridized carbons (Fsp3) is 1.00. The van der Waals surface area contributed by atoms with Crippen LogP contribution in [0.3, 0.4) is 0 Å². The van der Waals surface area contributed by atoms with Gasteiger partial charge in [0.15, 0.2) is 0 Å². The molecule has 14 heavy (non-hydrogen) atoms. The average Bonchev–Trinajstić information content (AvgIpc) is 2.72. The predicted octanol–water partition coefficient (Wildman–Crippen LogP) is 3.34. The molecular formula is C13H25N. The lowest BCUT2D eigenvalue weighted by Gasteiger charge is -2.46. The van der Waals surface area contributed by atoms with E-state index < -0.39 is 0 Å². The molecule has 2 fully saturated rings. The standard InChI is InChI=1S/C13H25N/c1-11(2)13(9-5-6-10-14-13)12-7-3-4-8-12/h11-12,14H,3-10H2,1-2H3. The van der Waals surface area contributed by atoms with Crippen molar-refractivity contribution < 1.29 is 0 Å². The van der Waals surface area contributed by atoms with Crippen LogP contribution in [-0.2, 0) is 0 Å². The lowest BCUT2D eigenvalue weighted by Crippen LogP contribution is -2.57. The van der Waals surface area contributed by atoms with Gasteiger partial charge in [0.1, 0.15) is 0 Å². The van der Waals surface area contributed by atoms with Gasteiger partial charge in [-0.05, 0) is 44.1 Å². The second-order valence-electron chi connectivity index (χ2n) is 5.56. The van der Waals surface area contributed by atoms with Gasteiger partial charge >= 0.3 is 0 Å².